The number of hydrogen-bond donors (Lipinski definition) is 2. The quantitative estimate of drug-likeness (QED) is 0.187. The molecule has 2 amide bonds. The van der Waals surface area contributed by atoms with Crippen LogP contribution in [0.1, 0.15) is 60.9 Å². The molecule has 12 rings (SSSR count). The van der Waals surface area contributed by atoms with E-state index in [0.29, 0.717) is 26.2 Å². The second-order valence-corrected chi connectivity index (χ2v) is 14.9. The first-order valence-electron chi connectivity index (χ1n) is 20.2. The monoisotopic (exact) mass is 748 g/mol. The molecule has 55 heavy (non-hydrogen) atoms. The zero-order chi connectivity index (χ0) is 38.5. The summed E-state index contributed by atoms with van der Waals surface area (Å²) in [6.07, 6.45) is 14.8. The Bertz CT molecular complexity index is 1480. The third-order valence-corrected chi connectivity index (χ3v) is 11.3. The van der Waals surface area contributed by atoms with Crippen LogP contribution in [0, 0.1) is 11.8 Å². The number of fused-ring (bicyclic) bond motifs is 8. The molecule has 2 aromatic carbocycles. The molecule has 0 atom stereocenters. The molecule has 10 heterocycles. The molecule has 294 valence electrons. The fourth-order valence-corrected chi connectivity index (χ4v) is 7.76. The summed E-state index contributed by atoms with van der Waals surface area (Å²) < 4.78 is 0. The molecule has 4 bridgehead atoms. The third kappa shape index (κ3) is 14.8. The molecule has 0 unspecified atom stereocenters. The van der Waals surface area contributed by atoms with Gasteiger partial charge in [-0.15, -0.1) is 0 Å². The van der Waals surface area contributed by atoms with Gasteiger partial charge >= 0.3 is 12.2 Å². The Morgan fingerprint density at radius 1 is 0.491 bits per heavy atom. The standard InChI is InChI=1S/C10H12N2O2.C9H10N2O2.2C7H13N.2C6H6/c13-10(14)12-6-3-8-2-1-5-11-9(8)4-7-12;12-9(13)11-4-2-7-5-10-3-1-8(7)6-11;2*1-4-8-5-2-7(1)3-6-8;2*1-2-4-6-5-3-1/h1-2,5H,3-4,6-7H2,(H,13,14);1,3,5H,2,4,6H2,(H,12,13);2*7H,1-6H2;2*1-6H. The Balaban J connectivity index is 0.000000130. The van der Waals surface area contributed by atoms with E-state index in [9.17, 15) is 9.59 Å². The highest BCUT2D eigenvalue weighted by molar-refractivity contribution is 5.65. The van der Waals surface area contributed by atoms with Gasteiger partial charge in [-0.1, -0.05) is 78.9 Å². The highest BCUT2D eigenvalue weighted by atomic mass is 16.4. The Labute approximate surface area is 327 Å². The van der Waals surface area contributed by atoms with E-state index in [1.54, 1.807) is 12.4 Å². The van der Waals surface area contributed by atoms with E-state index in [2.05, 4.69) is 19.8 Å². The molecule has 8 aliphatic rings. The molecule has 10 heteroatoms. The normalized spacial score (nSPS) is 22.5. The van der Waals surface area contributed by atoms with Crippen LogP contribution in [-0.4, -0.2) is 111 Å². The van der Waals surface area contributed by atoms with E-state index in [4.69, 9.17) is 10.2 Å². The molecule has 6 fully saturated rings. The van der Waals surface area contributed by atoms with Gasteiger partial charge in [0, 0.05) is 56.9 Å². The van der Waals surface area contributed by atoms with Crippen LogP contribution in [0.15, 0.2) is 110 Å². The molecule has 10 nitrogen and oxygen atoms in total. The van der Waals surface area contributed by atoms with E-state index in [0.717, 1.165) is 42.4 Å². The van der Waals surface area contributed by atoms with E-state index < -0.39 is 12.2 Å². The average Bonchev–Trinajstić information content (AvgIpc) is 3.51. The number of amides is 2. The van der Waals surface area contributed by atoms with Crippen LogP contribution >= 0.6 is 0 Å². The first kappa shape index (κ1) is 41.4. The number of nitrogens with zero attached hydrogens (tertiary/aromatic N) is 6. The fraction of sp³-hybridized carbons (Fsp3) is 0.467. The van der Waals surface area contributed by atoms with Crippen molar-refractivity contribution < 1.29 is 19.8 Å². The van der Waals surface area contributed by atoms with Crippen molar-refractivity contribution >= 4 is 12.2 Å². The number of carbonyl (C=O) groups is 2. The zero-order valence-electron chi connectivity index (χ0n) is 32.4. The number of aromatic nitrogens is 2. The van der Waals surface area contributed by atoms with Crippen molar-refractivity contribution in [2.75, 3.05) is 58.9 Å². The first-order valence-corrected chi connectivity index (χ1v) is 20.2. The number of rotatable bonds is 0. The molecule has 0 radical (unpaired) electrons. The van der Waals surface area contributed by atoms with Crippen molar-refractivity contribution in [2.24, 2.45) is 11.8 Å². The Morgan fingerprint density at radius 3 is 1.35 bits per heavy atom. The Hall–Kier alpha value is -4.80. The average molecular weight is 749 g/mol. The van der Waals surface area contributed by atoms with Crippen molar-refractivity contribution in [1.82, 2.24) is 29.6 Å². The zero-order valence-corrected chi connectivity index (χ0v) is 32.4. The van der Waals surface area contributed by atoms with Crippen molar-refractivity contribution in [2.45, 2.75) is 64.3 Å². The van der Waals surface area contributed by atoms with Crippen molar-refractivity contribution in [3.63, 3.8) is 0 Å². The van der Waals surface area contributed by atoms with Crippen molar-refractivity contribution in [1.29, 1.82) is 0 Å². The molecule has 0 spiro atoms. The summed E-state index contributed by atoms with van der Waals surface area (Å²) in [6, 6.07) is 29.8. The highest BCUT2D eigenvalue weighted by Gasteiger charge is 2.25. The maximum atomic E-state index is 10.8. The summed E-state index contributed by atoms with van der Waals surface area (Å²) in [6.45, 7) is 10.6. The summed E-state index contributed by atoms with van der Waals surface area (Å²) in [4.78, 5) is 37.7. The number of piperidine rings is 6. The maximum absolute atomic E-state index is 10.8. The molecule has 2 N–H and O–H groups in total. The number of benzene rings is 2. The first-order chi connectivity index (χ1) is 26.9. The van der Waals surface area contributed by atoms with Crippen LogP contribution in [-0.2, 0) is 25.8 Å². The van der Waals surface area contributed by atoms with Gasteiger partial charge in [-0.3, -0.25) is 9.97 Å². The number of carboxylic acid groups (broad SMARTS) is 2. The minimum atomic E-state index is -0.845. The summed E-state index contributed by atoms with van der Waals surface area (Å²) in [5.74, 6) is 2.22. The van der Waals surface area contributed by atoms with Gasteiger partial charge in [0.15, 0.2) is 0 Å². The van der Waals surface area contributed by atoms with Crippen LogP contribution < -0.4 is 0 Å². The Kier molecular flexibility index (Phi) is 17.4. The SMILES string of the molecule is C1CN2CCC1CC2.C1CN2CCC1CC2.O=C(O)N1CCc2cccnc2CC1.O=C(O)N1CCc2cnccc2C1.c1ccccc1.c1ccccc1. The van der Waals surface area contributed by atoms with Crippen molar-refractivity contribution in [3.8, 4) is 0 Å². The number of hydrogen-bond acceptors (Lipinski definition) is 6. The lowest BCUT2D eigenvalue weighted by atomic mass is 9.89. The van der Waals surface area contributed by atoms with E-state index >= 15 is 0 Å². The lowest BCUT2D eigenvalue weighted by Gasteiger charge is -2.38. The predicted molar refractivity (Wildman–Crippen MR) is 218 cm³/mol. The maximum Gasteiger partial charge on any atom is 0.407 e. The molecule has 0 aliphatic carbocycles. The largest absolute Gasteiger partial charge is 0.465 e. The second kappa shape index (κ2) is 23.2. The number of pyridine rings is 2. The lowest BCUT2D eigenvalue weighted by Crippen LogP contribution is -2.41. The summed E-state index contributed by atoms with van der Waals surface area (Å²) in [7, 11) is 0. The molecular weight excluding hydrogens is 689 g/mol. The van der Waals surface area contributed by atoms with Crippen molar-refractivity contribution in [3.05, 3.63) is 132 Å². The van der Waals surface area contributed by atoms with Gasteiger partial charge in [0.1, 0.15) is 0 Å². The smallest absolute Gasteiger partial charge is 0.407 e. The predicted octanol–water partition coefficient (Wildman–Crippen LogP) is 7.86. The molecule has 8 aliphatic heterocycles. The van der Waals surface area contributed by atoms with E-state index in [1.165, 1.54) is 98.7 Å². The van der Waals surface area contributed by atoms with Gasteiger partial charge in [-0.25, -0.2) is 9.59 Å². The minimum Gasteiger partial charge on any atom is -0.465 e. The van der Waals surface area contributed by atoms with E-state index in [1.807, 2.05) is 97.2 Å². The Morgan fingerprint density at radius 2 is 0.927 bits per heavy atom. The van der Waals surface area contributed by atoms with Gasteiger partial charge in [0.2, 0.25) is 0 Å². The highest BCUT2D eigenvalue weighted by Crippen LogP contribution is 2.27. The molecule has 2 aromatic heterocycles. The van der Waals surface area contributed by atoms with Crippen LogP contribution in [0.3, 0.4) is 0 Å². The fourth-order valence-electron chi connectivity index (χ4n) is 7.76. The van der Waals surface area contributed by atoms with Gasteiger partial charge in [0.05, 0.1) is 0 Å². The van der Waals surface area contributed by atoms with Crippen LogP contribution in [0.25, 0.3) is 0 Å². The van der Waals surface area contributed by atoms with Gasteiger partial charge in [-0.2, -0.15) is 0 Å². The lowest BCUT2D eigenvalue weighted by molar-refractivity contribution is 0.111. The van der Waals surface area contributed by atoms with Crippen LogP contribution in [0.5, 0.6) is 0 Å². The molecule has 0 saturated carbocycles. The van der Waals surface area contributed by atoms with Gasteiger partial charge in [-0.05, 0) is 131 Å². The summed E-state index contributed by atoms with van der Waals surface area (Å²) in [5, 5.41) is 17.6. The molecular formula is C45H60N6O4. The second-order valence-electron chi connectivity index (χ2n) is 14.9. The van der Waals surface area contributed by atoms with Crippen LogP contribution in [0.4, 0.5) is 9.59 Å². The van der Waals surface area contributed by atoms with E-state index in [-0.39, 0.29) is 0 Å². The summed E-state index contributed by atoms with van der Waals surface area (Å²) >= 11 is 0. The van der Waals surface area contributed by atoms with Gasteiger partial charge in [0.25, 0.3) is 0 Å². The third-order valence-electron chi connectivity index (χ3n) is 11.3. The topological polar surface area (TPSA) is 113 Å². The molecule has 6 saturated heterocycles. The molecule has 4 aromatic rings. The minimum absolute atomic E-state index is 0.493. The van der Waals surface area contributed by atoms with Crippen LogP contribution in [0.2, 0.25) is 0 Å². The van der Waals surface area contributed by atoms with Gasteiger partial charge < -0.3 is 29.8 Å². The summed E-state index contributed by atoms with van der Waals surface area (Å²) in [5.41, 5.74) is 4.45.